The van der Waals surface area contributed by atoms with Gasteiger partial charge in [-0.2, -0.15) is 13.2 Å². The van der Waals surface area contributed by atoms with Gasteiger partial charge in [-0.3, -0.25) is 9.59 Å². The molecule has 2 aromatic rings. The van der Waals surface area contributed by atoms with Crippen LogP contribution in [0.3, 0.4) is 0 Å². The van der Waals surface area contributed by atoms with Gasteiger partial charge in [-0.15, -0.1) is 0 Å². The number of alkyl halides is 3. The third-order valence-electron chi connectivity index (χ3n) is 4.85. The summed E-state index contributed by atoms with van der Waals surface area (Å²) in [6.07, 6.45) is -3.82. The molecule has 0 unspecified atom stereocenters. The molecule has 154 valence electrons. The van der Waals surface area contributed by atoms with E-state index in [0.29, 0.717) is 12.2 Å². The van der Waals surface area contributed by atoms with E-state index in [1.54, 1.807) is 24.1 Å². The average Bonchev–Trinajstić information content (AvgIpc) is 2.91. The van der Waals surface area contributed by atoms with E-state index in [2.05, 4.69) is 0 Å². The Balaban J connectivity index is 2.04. The molecule has 1 aliphatic rings. The predicted octanol–water partition coefficient (Wildman–Crippen LogP) is 3.89. The second-order valence-electron chi connectivity index (χ2n) is 7.27. The van der Waals surface area contributed by atoms with Crippen LogP contribution in [0.15, 0.2) is 42.5 Å². The number of amides is 2. The van der Waals surface area contributed by atoms with Crippen molar-refractivity contribution in [1.29, 1.82) is 0 Å². The van der Waals surface area contributed by atoms with Crippen LogP contribution in [0.4, 0.5) is 24.5 Å². The van der Waals surface area contributed by atoms with Crippen molar-refractivity contribution in [3.63, 3.8) is 0 Å². The first kappa shape index (κ1) is 20.9. The minimum absolute atomic E-state index is 0.0571. The molecule has 5 nitrogen and oxygen atoms in total. The van der Waals surface area contributed by atoms with Crippen molar-refractivity contribution in [2.75, 3.05) is 44.0 Å². The summed E-state index contributed by atoms with van der Waals surface area (Å²) in [6, 6.07) is 9.41. The third kappa shape index (κ3) is 4.12. The van der Waals surface area contributed by atoms with Crippen LogP contribution in [-0.2, 0) is 6.18 Å². The van der Waals surface area contributed by atoms with Gasteiger partial charge >= 0.3 is 6.18 Å². The molecule has 8 heteroatoms. The second kappa shape index (κ2) is 7.87. The highest BCUT2D eigenvalue weighted by Gasteiger charge is 2.39. The van der Waals surface area contributed by atoms with Crippen LogP contribution in [0.5, 0.6) is 0 Å². The van der Waals surface area contributed by atoms with E-state index in [1.807, 2.05) is 19.0 Å². The molecule has 0 atom stereocenters. The molecule has 2 amide bonds. The number of hydrogen-bond acceptors (Lipinski definition) is 4. The zero-order chi connectivity index (χ0) is 21.3. The Kier molecular flexibility index (Phi) is 5.66. The number of imide groups is 1. The summed E-state index contributed by atoms with van der Waals surface area (Å²) >= 11 is 0. The molecule has 0 radical (unpaired) electrons. The summed E-state index contributed by atoms with van der Waals surface area (Å²) in [5.74, 6) is -1.24. The van der Waals surface area contributed by atoms with Crippen LogP contribution in [0.25, 0.3) is 0 Å². The Labute approximate surface area is 167 Å². The second-order valence-corrected chi connectivity index (χ2v) is 7.27. The molecular weight excluding hydrogens is 383 g/mol. The molecule has 29 heavy (non-hydrogen) atoms. The molecule has 0 aromatic heterocycles. The number of nitrogens with zero attached hydrogens (tertiary/aromatic N) is 3. The van der Waals surface area contributed by atoms with Crippen molar-refractivity contribution in [3.05, 3.63) is 59.2 Å². The third-order valence-corrected chi connectivity index (χ3v) is 4.85. The van der Waals surface area contributed by atoms with Gasteiger partial charge in [-0.25, -0.2) is 4.90 Å². The molecule has 1 heterocycles. The summed E-state index contributed by atoms with van der Waals surface area (Å²) in [5.41, 5.74) is -0.189. The first-order chi connectivity index (χ1) is 13.6. The number of benzene rings is 2. The van der Waals surface area contributed by atoms with E-state index in [0.717, 1.165) is 30.0 Å². The highest BCUT2D eigenvalue weighted by molar-refractivity contribution is 6.35. The van der Waals surface area contributed by atoms with E-state index >= 15 is 0 Å². The van der Waals surface area contributed by atoms with Gasteiger partial charge in [0.25, 0.3) is 11.8 Å². The number of halogens is 3. The largest absolute Gasteiger partial charge is 0.416 e. The zero-order valence-corrected chi connectivity index (χ0v) is 16.5. The Hall–Kier alpha value is -2.87. The van der Waals surface area contributed by atoms with Crippen molar-refractivity contribution >= 4 is 23.2 Å². The topological polar surface area (TPSA) is 43.9 Å². The van der Waals surface area contributed by atoms with E-state index in [4.69, 9.17) is 0 Å². The number of carbonyl (C=O) groups excluding carboxylic acids is 2. The number of carbonyl (C=O) groups is 2. The quantitative estimate of drug-likeness (QED) is 0.684. The van der Waals surface area contributed by atoms with Gasteiger partial charge in [-0.05, 0) is 57.4 Å². The van der Waals surface area contributed by atoms with Crippen LogP contribution in [0.2, 0.25) is 0 Å². The first-order valence-electron chi connectivity index (χ1n) is 9.16. The highest BCUT2D eigenvalue weighted by Crippen LogP contribution is 2.39. The predicted molar refractivity (Wildman–Crippen MR) is 105 cm³/mol. The lowest BCUT2D eigenvalue weighted by Crippen LogP contribution is -2.32. The smallest absolute Gasteiger partial charge is 0.373 e. The minimum Gasteiger partial charge on any atom is -0.373 e. The van der Waals surface area contributed by atoms with Crippen LogP contribution in [0, 0.1) is 0 Å². The van der Waals surface area contributed by atoms with Crippen molar-refractivity contribution < 1.29 is 22.8 Å². The molecule has 0 saturated heterocycles. The maximum Gasteiger partial charge on any atom is 0.416 e. The molecule has 0 bridgehead atoms. The molecule has 0 spiro atoms. The SMILES string of the molecule is CN(C)CCCN(C)c1ccc(C(F)(F)F)cc1N1C(=O)c2ccccc2C1=O. The normalized spacial score (nSPS) is 14.0. The van der Waals surface area contributed by atoms with Gasteiger partial charge in [-0.1, -0.05) is 12.1 Å². The summed E-state index contributed by atoms with van der Waals surface area (Å²) in [6.45, 7) is 1.35. The molecule has 0 N–H and O–H groups in total. The maximum atomic E-state index is 13.3. The highest BCUT2D eigenvalue weighted by atomic mass is 19.4. The standard InChI is InChI=1S/C21H22F3N3O2/c1-25(2)11-6-12-26(3)17-10-9-14(21(22,23)24)13-18(17)27-19(28)15-7-4-5-8-16(15)20(27)29/h4-5,7-10,13H,6,11-12H2,1-3H3. The molecule has 1 aliphatic heterocycles. The van der Waals surface area contributed by atoms with E-state index in [-0.39, 0.29) is 16.8 Å². The zero-order valence-electron chi connectivity index (χ0n) is 16.5. The first-order valence-corrected chi connectivity index (χ1v) is 9.16. The lowest BCUT2D eigenvalue weighted by molar-refractivity contribution is -0.137. The van der Waals surface area contributed by atoms with Gasteiger partial charge in [0.1, 0.15) is 0 Å². The van der Waals surface area contributed by atoms with Gasteiger partial charge in [0, 0.05) is 13.6 Å². The average molecular weight is 405 g/mol. The van der Waals surface area contributed by atoms with Gasteiger partial charge < -0.3 is 9.80 Å². The lowest BCUT2D eigenvalue weighted by Gasteiger charge is -2.27. The van der Waals surface area contributed by atoms with Crippen LogP contribution in [0.1, 0.15) is 32.7 Å². The van der Waals surface area contributed by atoms with Gasteiger partial charge in [0.05, 0.1) is 28.1 Å². The Morgan fingerprint density at radius 2 is 1.48 bits per heavy atom. The van der Waals surface area contributed by atoms with E-state index in [1.165, 1.54) is 18.2 Å². The van der Waals surface area contributed by atoms with E-state index < -0.39 is 23.6 Å². The fourth-order valence-electron chi connectivity index (χ4n) is 3.35. The molecule has 2 aromatic carbocycles. The number of hydrogen-bond donors (Lipinski definition) is 0. The monoisotopic (exact) mass is 405 g/mol. The summed E-state index contributed by atoms with van der Waals surface area (Å²) in [5, 5.41) is 0. The number of anilines is 2. The fraction of sp³-hybridized carbons (Fsp3) is 0.333. The number of rotatable bonds is 6. The van der Waals surface area contributed by atoms with Crippen LogP contribution >= 0.6 is 0 Å². The fourth-order valence-corrected chi connectivity index (χ4v) is 3.35. The van der Waals surface area contributed by atoms with Gasteiger partial charge in [0.2, 0.25) is 0 Å². The van der Waals surface area contributed by atoms with Crippen LogP contribution < -0.4 is 9.80 Å². The molecule has 0 fully saturated rings. The minimum atomic E-state index is -4.59. The lowest BCUT2D eigenvalue weighted by atomic mass is 10.1. The van der Waals surface area contributed by atoms with Crippen LogP contribution in [-0.4, -0.2) is 50.9 Å². The van der Waals surface area contributed by atoms with Crippen molar-refractivity contribution in [3.8, 4) is 0 Å². The Morgan fingerprint density at radius 1 is 0.897 bits per heavy atom. The Morgan fingerprint density at radius 3 is 2.00 bits per heavy atom. The molecular formula is C21H22F3N3O2. The summed E-state index contributed by atoms with van der Waals surface area (Å²) in [7, 11) is 5.60. The van der Waals surface area contributed by atoms with Crippen molar-refractivity contribution in [2.24, 2.45) is 0 Å². The van der Waals surface area contributed by atoms with Gasteiger partial charge in [0.15, 0.2) is 0 Å². The van der Waals surface area contributed by atoms with E-state index in [9.17, 15) is 22.8 Å². The Bertz CT molecular complexity index is 906. The number of fused-ring (bicyclic) bond motifs is 1. The van der Waals surface area contributed by atoms with Crippen molar-refractivity contribution in [2.45, 2.75) is 12.6 Å². The van der Waals surface area contributed by atoms with Crippen molar-refractivity contribution in [1.82, 2.24) is 4.90 Å². The maximum absolute atomic E-state index is 13.3. The molecule has 3 rings (SSSR count). The molecule has 0 saturated carbocycles. The molecule has 0 aliphatic carbocycles. The summed E-state index contributed by atoms with van der Waals surface area (Å²) < 4.78 is 40.0. The summed E-state index contributed by atoms with van der Waals surface area (Å²) in [4.78, 5) is 30.3.